The zero-order valence-corrected chi connectivity index (χ0v) is 16.9. The Balaban J connectivity index is 1.39. The monoisotopic (exact) mass is 407 g/mol. The van der Waals surface area contributed by atoms with E-state index in [1.54, 1.807) is 6.20 Å². The van der Waals surface area contributed by atoms with E-state index in [9.17, 15) is 9.90 Å². The summed E-state index contributed by atoms with van der Waals surface area (Å²) in [5, 5.41) is 21.1. The number of nitrogens with zero attached hydrogens (tertiary/aromatic N) is 3. The van der Waals surface area contributed by atoms with Crippen LogP contribution in [0.4, 0.5) is 5.69 Å². The lowest BCUT2D eigenvalue weighted by molar-refractivity contribution is -0.129. The molecule has 0 saturated heterocycles. The molecule has 0 aliphatic heterocycles. The van der Waals surface area contributed by atoms with Crippen LogP contribution in [0.25, 0.3) is 17.5 Å². The Labute approximate surface area is 174 Å². The van der Waals surface area contributed by atoms with Crippen molar-refractivity contribution in [3.05, 3.63) is 29.4 Å². The molecule has 4 saturated carbocycles. The van der Waals surface area contributed by atoms with E-state index >= 15 is 0 Å². The number of nitrogens with one attached hydrogen (secondary N) is 2. The Hall–Kier alpha value is -2.74. The van der Waals surface area contributed by atoms with Crippen LogP contribution in [-0.4, -0.2) is 44.8 Å². The molecule has 0 spiro atoms. The van der Waals surface area contributed by atoms with Crippen molar-refractivity contribution >= 4 is 17.7 Å². The van der Waals surface area contributed by atoms with Crippen LogP contribution in [-0.2, 0) is 6.42 Å². The predicted octanol–water partition coefficient (Wildman–Crippen LogP) is 2.41. The van der Waals surface area contributed by atoms with E-state index in [4.69, 9.17) is 4.52 Å². The maximum absolute atomic E-state index is 11.9. The molecule has 0 radical (unpaired) electrons. The third-order valence-electron chi connectivity index (χ3n) is 7.43. The number of aromatic nitrogens is 3. The Morgan fingerprint density at radius 2 is 2.07 bits per heavy atom. The summed E-state index contributed by atoms with van der Waals surface area (Å²) in [5.41, 5.74) is 3.28. The normalized spacial score (nSPS) is 33.0. The molecule has 4 fully saturated rings. The Bertz CT molecular complexity index is 1050. The first kappa shape index (κ1) is 18.1. The fraction of sp³-hybridized carbons (Fsp3) is 0.545. The highest BCUT2D eigenvalue weighted by atomic mass is 16.5. The second kappa shape index (κ2) is 6.38. The number of pyridine rings is 1. The van der Waals surface area contributed by atoms with E-state index in [2.05, 4.69) is 37.9 Å². The molecule has 7 rings (SSSR count). The number of hydrogen-bond acceptors (Lipinski definition) is 7. The van der Waals surface area contributed by atoms with E-state index in [1.807, 2.05) is 0 Å². The number of amides is 1. The molecule has 5 aliphatic carbocycles. The first-order chi connectivity index (χ1) is 14.5. The average Bonchev–Trinajstić information content (AvgIpc) is 3.38. The Morgan fingerprint density at radius 1 is 1.27 bits per heavy atom. The standard InChI is InChI=1S/C22H25N5O3/c1-23-20(28)19-26-21(30-27-19)15-10-24-16-4-2-3-14(16)18(15)25-17-12-5-11-6-13(17)9-22(29,7-11)8-12/h2-3,10-13,17,29H,4-9H2,1H3,(H,23,28)(H,24,25)/t11?,12-,13+,17?,22?. The molecule has 0 aromatic carbocycles. The van der Waals surface area contributed by atoms with Gasteiger partial charge < -0.3 is 20.3 Å². The molecule has 8 nitrogen and oxygen atoms in total. The highest BCUT2D eigenvalue weighted by Gasteiger charge is 2.54. The minimum atomic E-state index is -0.466. The van der Waals surface area contributed by atoms with Gasteiger partial charge in [-0.15, -0.1) is 0 Å². The van der Waals surface area contributed by atoms with Crippen molar-refractivity contribution in [2.75, 3.05) is 12.4 Å². The lowest BCUT2D eigenvalue weighted by Gasteiger charge is -2.58. The van der Waals surface area contributed by atoms with Gasteiger partial charge in [-0.3, -0.25) is 9.78 Å². The van der Waals surface area contributed by atoms with Gasteiger partial charge in [0, 0.05) is 31.3 Å². The van der Waals surface area contributed by atoms with Gasteiger partial charge in [0.2, 0.25) is 0 Å². The number of anilines is 1. The van der Waals surface area contributed by atoms with Gasteiger partial charge in [-0.1, -0.05) is 17.3 Å². The van der Waals surface area contributed by atoms with Crippen LogP contribution in [0, 0.1) is 17.8 Å². The highest BCUT2D eigenvalue weighted by molar-refractivity contribution is 5.91. The van der Waals surface area contributed by atoms with Crippen molar-refractivity contribution in [1.29, 1.82) is 0 Å². The average molecular weight is 407 g/mol. The molecule has 2 aromatic rings. The smallest absolute Gasteiger partial charge is 0.292 e. The molecule has 1 amide bonds. The third-order valence-corrected chi connectivity index (χ3v) is 7.43. The van der Waals surface area contributed by atoms with Crippen LogP contribution in [0.5, 0.6) is 0 Å². The number of carbonyl (C=O) groups is 1. The minimum absolute atomic E-state index is 0.00587. The van der Waals surface area contributed by atoms with Crippen molar-refractivity contribution in [1.82, 2.24) is 20.4 Å². The molecular weight excluding hydrogens is 382 g/mol. The molecule has 30 heavy (non-hydrogen) atoms. The topological polar surface area (TPSA) is 113 Å². The van der Waals surface area contributed by atoms with Gasteiger partial charge in [-0.25, -0.2) is 0 Å². The van der Waals surface area contributed by atoms with E-state index in [0.717, 1.165) is 48.2 Å². The molecule has 5 atom stereocenters. The number of fused-ring (bicyclic) bond motifs is 1. The zero-order valence-electron chi connectivity index (χ0n) is 16.9. The molecule has 5 aliphatic rings. The van der Waals surface area contributed by atoms with E-state index in [0.29, 0.717) is 23.8 Å². The Kier molecular flexibility index (Phi) is 3.84. The number of hydrogen-bond donors (Lipinski definition) is 3. The summed E-state index contributed by atoms with van der Waals surface area (Å²) in [6, 6.07) is 0.308. The fourth-order valence-electron chi connectivity index (χ4n) is 6.43. The second-order valence-electron chi connectivity index (χ2n) is 9.38. The molecule has 3 unspecified atom stereocenters. The van der Waals surface area contributed by atoms with Crippen LogP contribution in [0.2, 0.25) is 0 Å². The lowest BCUT2D eigenvalue weighted by Crippen LogP contribution is -2.59. The van der Waals surface area contributed by atoms with Crippen molar-refractivity contribution in [2.45, 2.75) is 50.2 Å². The lowest BCUT2D eigenvalue weighted by atomic mass is 9.52. The van der Waals surface area contributed by atoms with E-state index < -0.39 is 5.60 Å². The zero-order chi connectivity index (χ0) is 20.5. The summed E-state index contributed by atoms with van der Waals surface area (Å²) in [6.07, 6.45) is 11.8. The quantitative estimate of drug-likeness (QED) is 0.713. The summed E-state index contributed by atoms with van der Waals surface area (Å²) in [6.45, 7) is 0. The SMILES string of the molecule is CNC(=O)c1noc(-c2cnc3c(c2NC2[C@@H]4CC5C[C@H]2CC(O)(C5)C4)C=CC3)n1. The second-order valence-corrected chi connectivity index (χ2v) is 9.38. The van der Waals surface area contributed by atoms with E-state index in [-0.39, 0.29) is 17.6 Å². The van der Waals surface area contributed by atoms with Gasteiger partial charge >= 0.3 is 0 Å². The van der Waals surface area contributed by atoms with Crippen molar-refractivity contribution in [3.63, 3.8) is 0 Å². The van der Waals surface area contributed by atoms with Gasteiger partial charge in [0.25, 0.3) is 17.6 Å². The third kappa shape index (κ3) is 2.70. The first-order valence-corrected chi connectivity index (χ1v) is 10.8. The van der Waals surface area contributed by atoms with Gasteiger partial charge in [0.1, 0.15) is 0 Å². The van der Waals surface area contributed by atoms with Crippen LogP contribution in [0.3, 0.4) is 0 Å². The van der Waals surface area contributed by atoms with Crippen LogP contribution in [0.1, 0.15) is 54.0 Å². The number of rotatable bonds is 4. The molecule has 8 heteroatoms. The molecule has 2 heterocycles. The van der Waals surface area contributed by atoms with Crippen LogP contribution >= 0.6 is 0 Å². The maximum Gasteiger partial charge on any atom is 0.292 e. The number of allylic oxidation sites excluding steroid dienone is 1. The van der Waals surface area contributed by atoms with Gasteiger partial charge in [-0.05, 0) is 49.9 Å². The van der Waals surface area contributed by atoms with Crippen LogP contribution in [0.15, 0.2) is 16.8 Å². The van der Waals surface area contributed by atoms with Gasteiger partial charge in [0.05, 0.1) is 22.5 Å². The number of carbonyl (C=O) groups excluding carboxylic acids is 1. The molecular formula is C22H25N5O3. The van der Waals surface area contributed by atoms with Crippen molar-refractivity contribution < 1.29 is 14.4 Å². The minimum Gasteiger partial charge on any atom is -0.390 e. The largest absolute Gasteiger partial charge is 0.390 e. The fourth-order valence-corrected chi connectivity index (χ4v) is 6.43. The summed E-state index contributed by atoms with van der Waals surface area (Å²) in [5.74, 6) is 1.49. The van der Waals surface area contributed by atoms with E-state index in [1.165, 1.54) is 19.9 Å². The molecule has 2 aromatic heterocycles. The summed E-state index contributed by atoms with van der Waals surface area (Å²) >= 11 is 0. The summed E-state index contributed by atoms with van der Waals surface area (Å²) in [4.78, 5) is 20.8. The molecule has 4 bridgehead atoms. The van der Waals surface area contributed by atoms with Gasteiger partial charge in [0.15, 0.2) is 0 Å². The van der Waals surface area contributed by atoms with Crippen molar-refractivity contribution in [2.24, 2.45) is 17.8 Å². The summed E-state index contributed by atoms with van der Waals surface area (Å²) in [7, 11) is 1.54. The predicted molar refractivity (Wildman–Crippen MR) is 110 cm³/mol. The maximum atomic E-state index is 11.9. The molecule has 156 valence electrons. The summed E-state index contributed by atoms with van der Waals surface area (Å²) < 4.78 is 5.43. The Morgan fingerprint density at radius 3 is 2.80 bits per heavy atom. The number of aliphatic hydroxyl groups is 1. The first-order valence-electron chi connectivity index (χ1n) is 10.8. The van der Waals surface area contributed by atoms with Gasteiger partial charge in [-0.2, -0.15) is 4.98 Å². The van der Waals surface area contributed by atoms with Crippen LogP contribution < -0.4 is 10.6 Å². The highest BCUT2D eigenvalue weighted by Crippen LogP contribution is 2.56. The molecule has 3 N–H and O–H groups in total. The van der Waals surface area contributed by atoms with Crippen molar-refractivity contribution in [3.8, 4) is 11.5 Å².